The van der Waals surface area contributed by atoms with Gasteiger partial charge in [0.25, 0.3) is 5.91 Å². The summed E-state index contributed by atoms with van der Waals surface area (Å²) in [7, 11) is 3.43. The molecule has 5 heterocycles. The first-order valence-corrected chi connectivity index (χ1v) is 31.7. The molecule has 0 aliphatic carbocycles. The van der Waals surface area contributed by atoms with Gasteiger partial charge in [-0.25, -0.2) is 8.78 Å². The van der Waals surface area contributed by atoms with Gasteiger partial charge in [0, 0.05) is 90.1 Å². The fourth-order valence-corrected chi connectivity index (χ4v) is 13.6. The van der Waals surface area contributed by atoms with Gasteiger partial charge < -0.3 is 54.3 Å². The topological polar surface area (TPSA) is 220 Å². The van der Waals surface area contributed by atoms with Gasteiger partial charge >= 0.3 is 6.01 Å². The van der Waals surface area contributed by atoms with Crippen LogP contribution in [-0.4, -0.2) is 161 Å². The quantitative estimate of drug-likeness (QED) is 0.0379. The molecule has 0 spiro atoms. The van der Waals surface area contributed by atoms with E-state index < -0.39 is 52.3 Å². The van der Waals surface area contributed by atoms with Crippen molar-refractivity contribution in [2.24, 2.45) is 5.41 Å². The van der Waals surface area contributed by atoms with E-state index in [-0.39, 0.29) is 101 Å². The summed E-state index contributed by atoms with van der Waals surface area (Å²) >= 11 is 12.5. The van der Waals surface area contributed by atoms with Crippen LogP contribution in [0.4, 0.5) is 26.0 Å². The summed E-state index contributed by atoms with van der Waals surface area (Å²) in [5, 5.41) is 32.2. The molecule has 4 aliphatic heterocycles. The number of piperazine rings is 1. The van der Waals surface area contributed by atoms with Gasteiger partial charge in [0.15, 0.2) is 0 Å². The Kier molecular flexibility index (Phi) is 21.6. The minimum atomic E-state index is -1.83. The van der Waals surface area contributed by atoms with Crippen molar-refractivity contribution in [1.29, 1.82) is 10.5 Å². The molecule has 3 saturated heterocycles. The molecule has 19 nitrogen and oxygen atoms in total. The number of anilines is 3. The smallest absolute Gasteiger partial charge is 0.318 e. The molecule has 484 valence electrons. The molecule has 10 rings (SSSR count). The molecule has 7 atom stereocenters. The zero-order valence-electron chi connectivity index (χ0n) is 52.4. The molecule has 92 heavy (non-hydrogen) atoms. The molecule has 1 aromatic heterocycles. The highest BCUT2D eigenvalue weighted by molar-refractivity contribution is 6.31. The summed E-state index contributed by atoms with van der Waals surface area (Å²) in [4.78, 5) is 59.4. The van der Waals surface area contributed by atoms with Gasteiger partial charge in [-0.3, -0.25) is 19.3 Å². The van der Waals surface area contributed by atoms with E-state index in [2.05, 4.69) is 85.8 Å². The van der Waals surface area contributed by atoms with Crippen LogP contribution in [0.1, 0.15) is 78.7 Å². The second-order valence-electron chi connectivity index (χ2n) is 24.8. The van der Waals surface area contributed by atoms with E-state index in [4.69, 9.17) is 56.9 Å². The Morgan fingerprint density at radius 3 is 2.42 bits per heavy atom. The predicted molar refractivity (Wildman–Crippen MR) is 348 cm³/mol. The van der Waals surface area contributed by atoms with Gasteiger partial charge in [0.2, 0.25) is 11.8 Å². The van der Waals surface area contributed by atoms with Crippen LogP contribution >= 0.6 is 23.2 Å². The number of methoxy groups -OCH3 is 1. The van der Waals surface area contributed by atoms with Gasteiger partial charge in [-0.15, -0.1) is 0 Å². The van der Waals surface area contributed by atoms with Gasteiger partial charge in [-0.05, 0) is 91.2 Å². The molecular weight excluding hydrogens is 1220 g/mol. The monoisotopic (exact) mass is 1300 g/mol. The Labute approximate surface area is 545 Å². The maximum Gasteiger partial charge on any atom is 0.318 e. The van der Waals surface area contributed by atoms with Crippen LogP contribution in [0.25, 0.3) is 10.8 Å². The van der Waals surface area contributed by atoms with E-state index >= 15 is 8.78 Å². The molecule has 6 aromatic rings. The summed E-state index contributed by atoms with van der Waals surface area (Å²) in [5.74, 6) is -3.26. The average Bonchev–Trinajstić information content (AvgIpc) is 1.53. The normalized spacial score (nSPS) is 21.5. The third-order valence-corrected chi connectivity index (χ3v) is 18.2. The number of hydrogen-bond acceptors (Lipinski definition) is 16. The van der Waals surface area contributed by atoms with E-state index in [1.165, 1.54) is 72.5 Å². The number of rotatable bonds is 24. The van der Waals surface area contributed by atoms with Gasteiger partial charge in [-0.2, -0.15) is 20.5 Å². The number of likely N-dealkylation sites (tertiary alicyclic amines) is 1. The van der Waals surface area contributed by atoms with Crippen LogP contribution in [0, 0.1) is 39.7 Å². The van der Waals surface area contributed by atoms with Crippen molar-refractivity contribution in [1.82, 2.24) is 30.4 Å². The summed E-state index contributed by atoms with van der Waals surface area (Å²) in [6.07, 6.45) is 3.17. The highest BCUT2D eigenvalue weighted by Crippen LogP contribution is 2.53. The first-order valence-electron chi connectivity index (χ1n) is 31.0. The first-order chi connectivity index (χ1) is 44.3. The van der Waals surface area contributed by atoms with Gasteiger partial charge in [-0.1, -0.05) is 105 Å². The van der Waals surface area contributed by atoms with Crippen LogP contribution in [0.15, 0.2) is 110 Å². The van der Waals surface area contributed by atoms with Crippen LogP contribution in [0.3, 0.4) is 0 Å². The van der Waals surface area contributed by atoms with Crippen LogP contribution in [0.2, 0.25) is 10.0 Å². The van der Waals surface area contributed by atoms with Crippen molar-refractivity contribution in [3.05, 3.63) is 159 Å². The lowest BCUT2D eigenvalue weighted by molar-refractivity contribution is -0.128. The third-order valence-electron chi connectivity index (χ3n) is 17.7. The Balaban J connectivity index is 0.682. The fraction of sp³-hybridized carbons (Fsp3) is 0.435. The molecule has 23 heteroatoms. The number of carbonyl (C=O) groups excluding carboxylic acids is 3. The number of carbonyl (C=O) groups is 3. The zero-order valence-corrected chi connectivity index (χ0v) is 53.9. The van der Waals surface area contributed by atoms with Crippen LogP contribution in [-0.2, 0) is 42.2 Å². The maximum atomic E-state index is 16.2. The number of aromatic nitrogens is 2. The number of nitriles is 2. The molecule has 0 unspecified atom stereocenters. The summed E-state index contributed by atoms with van der Waals surface area (Å²) in [6, 6.07) is 30.0. The first kappa shape index (κ1) is 66.9. The molecule has 3 amide bonds. The third kappa shape index (κ3) is 14.9. The van der Waals surface area contributed by atoms with E-state index in [0.717, 1.165) is 41.8 Å². The Bertz CT molecular complexity index is 3770. The standard InChI is InChI=1S/C69H77Cl2F2N11O8/c1-7-60(85)84-28-27-83(38-46(84)22-24-74)64-50-23-26-82(57-17-10-13-43-12-8-9-14-49(43)57)40-56(50)78-67(80-64)92-41-47-36-48(39-81(47)5)91-33-32-90-31-30-89-29-25-76-65(86)44-18-21-55(58(34-44)88-6)77-66(87)63-61(51-15-11-16-53(71)62(51)73)69(42-75,59(79-63)37-68(2,3)4)52-20-19-45(70)35-54(52)72/h7-21,34-35,46-48,59,61,63,79H,1,22-23,25-33,36-41H2,2-6H3,(H,76,86)(H,77,87)/t46-,47-,48+,59-,61-,63+,69-/m0/s1. The SMILES string of the molecule is C=CC(=O)N1CCN(c2nc(OC[C@@H]3C[C@@H](OCCOCCOCCNC(=O)c4ccc(NC(=O)[C@@H]5N[C@@H](CC(C)(C)C)[C@](C#N)(c6ccc(Cl)cc6F)[C@H]5c5cccc(Cl)c5F)c(OC)c4)CN3C)nc3c2CCN(c2cccc4ccccc24)C3)C[C@@H]1CC#N. The minimum Gasteiger partial charge on any atom is -0.495 e. The zero-order chi connectivity index (χ0) is 65.3. The highest BCUT2D eigenvalue weighted by atomic mass is 35.5. The lowest BCUT2D eigenvalue weighted by atomic mass is 9.62. The number of halogens is 4. The lowest BCUT2D eigenvalue weighted by Gasteiger charge is -2.42. The van der Waals surface area contributed by atoms with Crippen LogP contribution < -0.4 is 35.2 Å². The highest BCUT2D eigenvalue weighted by Gasteiger charge is 2.61. The largest absolute Gasteiger partial charge is 0.495 e. The van der Waals surface area contributed by atoms with Crippen molar-refractivity contribution >= 4 is 68.9 Å². The number of benzene rings is 5. The van der Waals surface area contributed by atoms with E-state index in [9.17, 15) is 24.9 Å². The van der Waals surface area contributed by atoms with E-state index in [0.29, 0.717) is 65.6 Å². The molecule has 0 saturated carbocycles. The van der Waals surface area contributed by atoms with Crippen molar-refractivity contribution in [2.45, 2.75) is 94.6 Å². The Morgan fingerprint density at radius 1 is 0.891 bits per heavy atom. The second-order valence-corrected chi connectivity index (χ2v) is 25.7. The van der Waals surface area contributed by atoms with Crippen molar-refractivity contribution in [3.8, 4) is 23.9 Å². The number of nitrogens with one attached hydrogen (secondary N) is 3. The molecule has 0 radical (unpaired) electrons. The maximum absolute atomic E-state index is 16.2. The molecule has 3 N–H and O–H groups in total. The number of hydrogen-bond donors (Lipinski definition) is 3. The summed E-state index contributed by atoms with van der Waals surface area (Å²) in [5.41, 5.74) is 1.13. The van der Waals surface area contributed by atoms with Gasteiger partial charge in [0.1, 0.15) is 35.2 Å². The summed E-state index contributed by atoms with van der Waals surface area (Å²) < 4.78 is 62.3. The van der Waals surface area contributed by atoms with Crippen molar-refractivity contribution in [2.75, 3.05) is 108 Å². The average molecular weight is 1300 g/mol. The molecule has 0 bridgehead atoms. The number of likely N-dealkylation sites (N-methyl/N-ethyl adjacent to an activating group) is 1. The van der Waals surface area contributed by atoms with E-state index in [1.54, 1.807) is 4.90 Å². The fourth-order valence-electron chi connectivity index (χ4n) is 13.3. The number of amides is 3. The molecule has 3 fully saturated rings. The van der Waals surface area contributed by atoms with Crippen molar-refractivity contribution < 1.29 is 46.8 Å². The Hall–Kier alpha value is -7.99. The van der Waals surface area contributed by atoms with Crippen molar-refractivity contribution in [3.63, 3.8) is 0 Å². The van der Waals surface area contributed by atoms with Gasteiger partial charge in [0.05, 0.1) is 99.8 Å². The second kappa shape index (κ2) is 29.7. The minimum absolute atomic E-state index is 0.0356. The summed E-state index contributed by atoms with van der Waals surface area (Å²) in [6.45, 7) is 15.0. The number of fused-ring (bicyclic) bond motifs is 2. The number of ether oxygens (including phenoxy) is 5. The van der Waals surface area contributed by atoms with E-state index in [1.807, 2.05) is 33.9 Å². The Morgan fingerprint density at radius 2 is 1.66 bits per heavy atom. The molecule has 5 aromatic carbocycles. The van der Waals surface area contributed by atoms with Crippen LogP contribution in [0.5, 0.6) is 11.8 Å². The molecule has 4 aliphatic rings. The lowest BCUT2D eigenvalue weighted by Crippen LogP contribution is -2.55. The molecular formula is C69H77Cl2F2N11O8. The number of nitrogens with zero attached hydrogens (tertiary/aromatic N) is 8. The predicted octanol–water partition coefficient (Wildman–Crippen LogP) is 9.79.